The average molecular weight is 148 g/mol. The van der Waals surface area contributed by atoms with Gasteiger partial charge in [0.05, 0.1) is 0 Å². The fraction of sp³-hybridized carbons (Fsp3) is 0.250. The molecule has 0 spiro atoms. The normalized spacial score (nSPS) is 9.20. The highest BCUT2D eigenvalue weighted by molar-refractivity contribution is 5.78. The molecule has 60 valence electrons. The zero-order chi connectivity index (χ0) is 8.78. The van der Waals surface area contributed by atoms with Gasteiger partial charge >= 0.3 is 5.97 Å². The summed E-state index contributed by atoms with van der Waals surface area (Å²) in [5, 5.41) is 0. The molecule has 0 atom stereocenters. The Hall–Kier alpha value is -0.950. The van der Waals surface area contributed by atoms with Crippen molar-refractivity contribution in [3.05, 3.63) is 13.2 Å². The lowest BCUT2D eigenvalue weighted by Crippen LogP contribution is -2.65. The van der Waals surface area contributed by atoms with Gasteiger partial charge in [0.1, 0.15) is 0 Å². The molecule has 0 aromatic heterocycles. The summed E-state index contributed by atoms with van der Waals surface area (Å²) in [6, 6.07) is 0. The Labute approximate surface area is 58.7 Å². The van der Waals surface area contributed by atoms with Crippen LogP contribution in [-0.2, 0) is 9.63 Å². The zero-order valence-electron chi connectivity index (χ0n) is 5.54. The van der Waals surface area contributed by atoms with E-state index >= 15 is 0 Å². The first-order chi connectivity index (χ1) is 4.48. The molecule has 0 aliphatic carbocycles. The summed E-state index contributed by atoms with van der Waals surface area (Å²) in [6.07, 6.45) is 0. The van der Waals surface area contributed by atoms with Crippen molar-refractivity contribution < 1.29 is 9.63 Å². The minimum atomic E-state index is -1.98. The summed E-state index contributed by atoms with van der Waals surface area (Å²) in [6.45, 7) is 6.00. The maximum atomic E-state index is 10.1. The monoisotopic (exact) mass is 148 g/mol. The molecule has 0 amide bonds. The van der Waals surface area contributed by atoms with Crippen LogP contribution < -0.4 is 23.1 Å². The van der Waals surface area contributed by atoms with Gasteiger partial charge in [-0.15, -0.1) is 13.2 Å². The van der Waals surface area contributed by atoms with Crippen LogP contribution in [0.15, 0.2) is 13.2 Å². The van der Waals surface area contributed by atoms with Crippen molar-refractivity contribution in [2.45, 2.75) is 5.79 Å². The molecular weight excluding hydrogens is 136 g/mol. The predicted octanol–water partition coefficient (Wildman–Crippen LogP) is -2.26. The Morgan fingerprint density at radius 1 is 1.30 bits per heavy atom. The number of rotatable bonds is 1. The Morgan fingerprint density at radius 2 is 1.60 bits per heavy atom. The molecule has 8 N–H and O–H groups in total. The third kappa shape index (κ3) is 5.19. The predicted molar refractivity (Wildman–Crippen MR) is 36.8 cm³/mol. The number of hydrogen-bond donors (Lipinski definition) is 4. The van der Waals surface area contributed by atoms with Gasteiger partial charge in [-0.3, -0.25) is 17.2 Å². The Balaban J connectivity index is 0. The quantitative estimate of drug-likeness (QED) is 0.188. The van der Waals surface area contributed by atoms with Crippen LogP contribution in [0, 0.1) is 0 Å². The van der Waals surface area contributed by atoms with E-state index in [0.29, 0.717) is 0 Å². The molecule has 6 heteroatoms. The number of carbonyl (C=O) groups excluding carboxylic acids is 1. The smallest absolute Gasteiger partial charge is 0.370 e. The fourth-order valence-corrected chi connectivity index (χ4v) is 0.102. The molecule has 0 saturated carbocycles. The van der Waals surface area contributed by atoms with Crippen molar-refractivity contribution in [3.63, 3.8) is 0 Å². The summed E-state index contributed by atoms with van der Waals surface area (Å²) < 4.78 is 0. The fourth-order valence-electron chi connectivity index (χ4n) is 0.102. The summed E-state index contributed by atoms with van der Waals surface area (Å²) in [5.74, 6) is 1.33. The van der Waals surface area contributed by atoms with E-state index in [-0.39, 0.29) is 0 Å². The second-order valence-electron chi connectivity index (χ2n) is 1.34. The van der Waals surface area contributed by atoms with Crippen LogP contribution in [0.4, 0.5) is 0 Å². The van der Waals surface area contributed by atoms with E-state index in [1.807, 2.05) is 0 Å². The molecule has 0 heterocycles. The van der Waals surface area contributed by atoms with Gasteiger partial charge in [0.2, 0.25) is 5.79 Å². The first-order valence-corrected chi connectivity index (χ1v) is 2.26. The molecule has 6 nitrogen and oxygen atoms in total. The van der Waals surface area contributed by atoms with Crippen molar-refractivity contribution >= 4 is 5.97 Å². The molecule has 0 radical (unpaired) electrons. The largest absolute Gasteiger partial charge is 0.374 e. The van der Waals surface area contributed by atoms with Gasteiger partial charge in [-0.2, -0.15) is 5.90 Å². The van der Waals surface area contributed by atoms with Gasteiger partial charge in [0, 0.05) is 0 Å². The average Bonchev–Trinajstić information content (AvgIpc) is 1.89. The first kappa shape index (κ1) is 11.8. The third-order valence-corrected chi connectivity index (χ3v) is 0.461. The van der Waals surface area contributed by atoms with E-state index in [1.165, 1.54) is 0 Å². The number of carbonyl (C=O) groups is 1. The summed E-state index contributed by atoms with van der Waals surface area (Å²) in [5.41, 5.74) is 14.4. The van der Waals surface area contributed by atoms with Crippen LogP contribution in [-0.4, -0.2) is 11.8 Å². The summed E-state index contributed by atoms with van der Waals surface area (Å²) in [4.78, 5) is 13.7. The third-order valence-electron chi connectivity index (χ3n) is 0.461. The van der Waals surface area contributed by atoms with Crippen LogP contribution in [0.25, 0.3) is 0 Å². The second kappa shape index (κ2) is 4.89. The molecule has 0 fully saturated rings. The maximum Gasteiger partial charge on any atom is 0.374 e. The zero-order valence-corrected chi connectivity index (χ0v) is 5.54. The van der Waals surface area contributed by atoms with Gasteiger partial charge in [-0.05, 0) is 0 Å². The Morgan fingerprint density at radius 3 is 1.60 bits per heavy atom. The highest BCUT2D eigenvalue weighted by atomic mass is 16.7. The topological polar surface area (TPSA) is 130 Å². The summed E-state index contributed by atoms with van der Waals surface area (Å²) >= 11 is 0. The molecule has 0 aromatic carbocycles. The minimum Gasteiger partial charge on any atom is -0.370 e. The Bertz CT molecular complexity index is 108. The molecule has 0 bridgehead atoms. The SMILES string of the molecule is C=C.NOC(=O)C(N)(N)N. The van der Waals surface area contributed by atoms with Crippen LogP contribution in [0.5, 0.6) is 0 Å². The highest BCUT2D eigenvalue weighted by Gasteiger charge is 2.24. The molecule has 0 rings (SSSR count). The van der Waals surface area contributed by atoms with Crippen LogP contribution >= 0.6 is 0 Å². The van der Waals surface area contributed by atoms with E-state index in [9.17, 15) is 4.79 Å². The second-order valence-corrected chi connectivity index (χ2v) is 1.34. The molecular formula is C4H12N4O2. The lowest BCUT2D eigenvalue weighted by Gasteiger charge is -2.12. The molecule has 10 heavy (non-hydrogen) atoms. The molecule has 0 unspecified atom stereocenters. The van der Waals surface area contributed by atoms with E-state index in [0.717, 1.165) is 0 Å². The maximum absolute atomic E-state index is 10.1. The van der Waals surface area contributed by atoms with Gasteiger partial charge in [0.25, 0.3) is 0 Å². The van der Waals surface area contributed by atoms with Gasteiger partial charge in [0.15, 0.2) is 0 Å². The van der Waals surface area contributed by atoms with Crippen molar-refractivity contribution in [3.8, 4) is 0 Å². The lowest BCUT2D eigenvalue weighted by atomic mass is 10.4. The van der Waals surface area contributed by atoms with E-state index in [2.05, 4.69) is 23.9 Å². The Kier molecular flexibility index (Phi) is 5.76. The van der Waals surface area contributed by atoms with Gasteiger partial charge in [-0.25, -0.2) is 4.79 Å². The minimum absolute atomic E-state index is 1.06. The summed E-state index contributed by atoms with van der Waals surface area (Å²) in [7, 11) is 0. The van der Waals surface area contributed by atoms with Crippen molar-refractivity contribution in [1.29, 1.82) is 0 Å². The van der Waals surface area contributed by atoms with Gasteiger partial charge < -0.3 is 4.84 Å². The van der Waals surface area contributed by atoms with Gasteiger partial charge in [-0.1, -0.05) is 0 Å². The first-order valence-electron chi connectivity index (χ1n) is 2.26. The van der Waals surface area contributed by atoms with E-state index in [1.54, 1.807) is 0 Å². The number of nitrogens with two attached hydrogens (primary N) is 4. The van der Waals surface area contributed by atoms with Crippen molar-refractivity contribution in [2.24, 2.45) is 23.1 Å². The lowest BCUT2D eigenvalue weighted by molar-refractivity contribution is -0.150. The standard InChI is InChI=1S/C2H8N4O2.C2H4/c3-2(4,5)1(7)8-6;1-2/h3-6H2;1-2H2. The van der Waals surface area contributed by atoms with E-state index < -0.39 is 11.8 Å². The highest BCUT2D eigenvalue weighted by Crippen LogP contribution is 1.77. The van der Waals surface area contributed by atoms with Crippen molar-refractivity contribution in [1.82, 2.24) is 0 Å². The van der Waals surface area contributed by atoms with Crippen LogP contribution in [0.3, 0.4) is 0 Å². The molecule has 0 saturated heterocycles. The van der Waals surface area contributed by atoms with Crippen molar-refractivity contribution in [2.75, 3.05) is 0 Å². The van der Waals surface area contributed by atoms with Crippen LogP contribution in [0.1, 0.15) is 0 Å². The molecule has 0 aliphatic heterocycles. The molecule has 0 aliphatic rings. The van der Waals surface area contributed by atoms with E-state index in [4.69, 9.17) is 17.2 Å². The number of hydrogen-bond acceptors (Lipinski definition) is 6. The molecule has 0 aromatic rings. The van der Waals surface area contributed by atoms with Crippen LogP contribution in [0.2, 0.25) is 0 Å².